The van der Waals surface area contributed by atoms with Crippen LogP contribution in [0.4, 0.5) is 5.69 Å². The second-order valence-electron chi connectivity index (χ2n) is 7.09. The van der Waals surface area contributed by atoms with Crippen molar-refractivity contribution in [2.45, 2.75) is 38.5 Å². The molecule has 0 unspecified atom stereocenters. The van der Waals surface area contributed by atoms with E-state index in [9.17, 15) is 9.59 Å². The third kappa shape index (κ3) is 4.62. The Labute approximate surface area is 160 Å². The number of benzene rings is 1. The van der Waals surface area contributed by atoms with E-state index in [1.807, 2.05) is 0 Å². The Morgan fingerprint density at radius 3 is 2.81 bits per heavy atom. The number of nitrogens with zero attached hydrogens (tertiary/aromatic N) is 1. The van der Waals surface area contributed by atoms with Crippen LogP contribution in [-0.4, -0.2) is 39.1 Å². The molecule has 0 aromatic heterocycles. The number of rotatable bonds is 7. The third-order valence-electron chi connectivity index (χ3n) is 5.30. The lowest BCUT2D eigenvalue weighted by molar-refractivity contribution is -0.126. The van der Waals surface area contributed by atoms with Gasteiger partial charge in [0.2, 0.25) is 11.8 Å². The summed E-state index contributed by atoms with van der Waals surface area (Å²) in [5, 5.41) is 3.00. The van der Waals surface area contributed by atoms with Gasteiger partial charge in [-0.05, 0) is 44.2 Å². The Bertz CT molecular complexity index is 729. The van der Waals surface area contributed by atoms with Crippen LogP contribution in [0.3, 0.4) is 0 Å². The van der Waals surface area contributed by atoms with Gasteiger partial charge in [-0.2, -0.15) is 0 Å². The summed E-state index contributed by atoms with van der Waals surface area (Å²) in [4.78, 5) is 26.6. The predicted molar refractivity (Wildman–Crippen MR) is 104 cm³/mol. The Morgan fingerprint density at radius 1 is 1.26 bits per heavy atom. The van der Waals surface area contributed by atoms with Gasteiger partial charge in [-0.1, -0.05) is 11.6 Å². The van der Waals surface area contributed by atoms with Gasteiger partial charge in [0.1, 0.15) is 11.5 Å². The Balaban J connectivity index is 1.58. The molecule has 0 saturated carbocycles. The highest BCUT2D eigenvalue weighted by molar-refractivity contribution is 6.01. The van der Waals surface area contributed by atoms with Crippen LogP contribution in [0.25, 0.3) is 0 Å². The number of allylic oxidation sites excluding steroid dienone is 1. The van der Waals surface area contributed by atoms with Gasteiger partial charge < -0.3 is 19.7 Å². The molecule has 1 N–H and O–H groups in total. The summed E-state index contributed by atoms with van der Waals surface area (Å²) in [6, 6.07) is 5.33. The highest BCUT2D eigenvalue weighted by Gasteiger charge is 2.36. The average Bonchev–Trinajstić information content (AvgIpc) is 3.09. The zero-order valence-electron chi connectivity index (χ0n) is 16.1. The lowest BCUT2D eigenvalue weighted by Crippen LogP contribution is -2.33. The fourth-order valence-corrected chi connectivity index (χ4v) is 3.75. The smallest absolute Gasteiger partial charge is 0.227 e. The van der Waals surface area contributed by atoms with Gasteiger partial charge in [-0.15, -0.1) is 0 Å². The minimum absolute atomic E-state index is 0.0465. The normalized spacial score (nSPS) is 19.6. The summed E-state index contributed by atoms with van der Waals surface area (Å²) < 4.78 is 10.6. The fourth-order valence-electron chi connectivity index (χ4n) is 3.75. The monoisotopic (exact) mass is 372 g/mol. The molecule has 0 radical (unpaired) electrons. The van der Waals surface area contributed by atoms with Crippen LogP contribution in [0.2, 0.25) is 0 Å². The summed E-state index contributed by atoms with van der Waals surface area (Å²) in [5.41, 5.74) is 2.11. The highest BCUT2D eigenvalue weighted by atomic mass is 16.5. The average molecular weight is 372 g/mol. The van der Waals surface area contributed by atoms with Crippen molar-refractivity contribution < 1.29 is 19.1 Å². The molecule has 2 aliphatic rings. The molecule has 3 rings (SSSR count). The van der Waals surface area contributed by atoms with Gasteiger partial charge in [-0.3, -0.25) is 9.59 Å². The van der Waals surface area contributed by atoms with Crippen LogP contribution in [-0.2, 0) is 9.59 Å². The molecule has 6 heteroatoms. The first-order valence-electron chi connectivity index (χ1n) is 9.60. The first-order chi connectivity index (χ1) is 13.1. The molecule has 1 aliphatic heterocycles. The van der Waals surface area contributed by atoms with Crippen LogP contribution >= 0.6 is 0 Å². The maximum atomic E-state index is 12.5. The van der Waals surface area contributed by atoms with Gasteiger partial charge >= 0.3 is 0 Å². The minimum Gasteiger partial charge on any atom is -0.497 e. The molecule has 6 nitrogen and oxygen atoms in total. The van der Waals surface area contributed by atoms with E-state index >= 15 is 0 Å². The number of methoxy groups -OCH3 is 2. The second-order valence-corrected chi connectivity index (χ2v) is 7.09. The van der Waals surface area contributed by atoms with Crippen LogP contribution in [0.15, 0.2) is 29.8 Å². The van der Waals surface area contributed by atoms with E-state index < -0.39 is 0 Å². The first kappa shape index (κ1) is 19.3. The number of hydrogen-bond donors (Lipinski definition) is 1. The van der Waals surface area contributed by atoms with E-state index in [4.69, 9.17) is 9.47 Å². The fraction of sp³-hybridized carbons (Fsp3) is 0.524. The molecular formula is C21H28N2O4. The summed E-state index contributed by atoms with van der Waals surface area (Å²) in [6.45, 7) is 1.01. The quantitative estimate of drug-likeness (QED) is 0.747. The van der Waals surface area contributed by atoms with Crippen molar-refractivity contribution >= 4 is 17.5 Å². The van der Waals surface area contributed by atoms with Gasteiger partial charge in [0.05, 0.1) is 25.8 Å². The van der Waals surface area contributed by atoms with Gasteiger partial charge in [0.15, 0.2) is 0 Å². The third-order valence-corrected chi connectivity index (χ3v) is 5.30. The number of anilines is 1. The summed E-state index contributed by atoms with van der Waals surface area (Å²) in [7, 11) is 3.14. The van der Waals surface area contributed by atoms with Crippen LogP contribution in [0.1, 0.15) is 38.5 Å². The first-order valence-corrected chi connectivity index (χ1v) is 9.60. The SMILES string of the molecule is COc1ccc(N2C[C@@H](C(=O)NCCC3=CCCCC3)CC2=O)c(OC)c1. The summed E-state index contributed by atoms with van der Waals surface area (Å²) in [5.74, 6) is 0.787. The van der Waals surface area contributed by atoms with E-state index in [0.717, 1.165) is 19.3 Å². The van der Waals surface area contributed by atoms with Crippen LogP contribution in [0.5, 0.6) is 11.5 Å². The number of amides is 2. The number of hydrogen-bond acceptors (Lipinski definition) is 4. The molecular weight excluding hydrogens is 344 g/mol. The summed E-state index contributed by atoms with van der Waals surface area (Å²) in [6.07, 6.45) is 8.24. The van der Waals surface area contributed by atoms with E-state index in [-0.39, 0.29) is 24.2 Å². The molecule has 1 atom stereocenters. The summed E-state index contributed by atoms with van der Waals surface area (Å²) >= 11 is 0. The van der Waals surface area contributed by atoms with Crippen molar-refractivity contribution in [2.24, 2.45) is 5.92 Å². The van der Waals surface area contributed by atoms with E-state index in [2.05, 4.69) is 11.4 Å². The predicted octanol–water partition coefficient (Wildman–Crippen LogP) is 3.06. The number of nitrogens with one attached hydrogen (secondary N) is 1. The molecule has 146 valence electrons. The van der Waals surface area contributed by atoms with Gasteiger partial charge in [0, 0.05) is 25.6 Å². The van der Waals surface area contributed by atoms with E-state index in [0.29, 0.717) is 30.3 Å². The van der Waals surface area contributed by atoms with Crippen molar-refractivity contribution in [3.63, 3.8) is 0 Å². The molecule has 1 heterocycles. The standard InChI is InChI=1S/C21H28N2O4/c1-26-17-8-9-18(19(13-17)27-2)23-14-16(12-20(23)24)21(25)22-11-10-15-6-4-3-5-7-15/h6,8-9,13,16H,3-5,7,10-12,14H2,1-2H3,(H,22,25)/t16-/m0/s1. The molecule has 0 spiro atoms. The highest BCUT2D eigenvalue weighted by Crippen LogP contribution is 2.35. The van der Waals surface area contributed by atoms with Gasteiger partial charge in [0.25, 0.3) is 0 Å². The second kappa shape index (κ2) is 8.93. The van der Waals surface area contributed by atoms with Crippen molar-refractivity contribution in [2.75, 3.05) is 32.2 Å². The maximum Gasteiger partial charge on any atom is 0.227 e. The maximum absolute atomic E-state index is 12.5. The largest absolute Gasteiger partial charge is 0.497 e. The Morgan fingerprint density at radius 2 is 2.11 bits per heavy atom. The zero-order valence-corrected chi connectivity index (χ0v) is 16.1. The molecule has 1 aromatic carbocycles. The molecule has 2 amide bonds. The van der Waals surface area contributed by atoms with Crippen LogP contribution < -0.4 is 19.7 Å². The molecule has 27 heavy (non-hydrogen) atoms. The molecule has 1 saturated heterocycles. The lowest BCUT2D eigenvalue weighted by atomic mass is 9.97. The van der Waals surface area contributed by atoms with Crippen molar-refractivity contribution in [1.29, 1.82) is 0 Å². The number of carbonyl (C=O) groups excluding carboxylic acids is 2. The van der Waals surface area contributed by atoms with Crippen molar-refractivity contribution in [3.05, 3.63) is 29.8 Å². The molecule has 1 aliphatic carbocycles. The van der Waals surface area contributed by atoms with Crippen molar-refractivity contribution in [1.82, 2.24) is 5.32 Å². The Kier molecular flexibility index (Phi) is 6.37. The number of ether oxygens (including phenoxy) is 2. The van der Waals surface area contributed by atoms with Gasteiger partial charge in [-0.25, -0.2) is 0 Å². The van der Waals surface area contributed by atoms with E-state index in [1.54, 1.807) is 37.3 Å². The molecule has 1 aromatic rings. The zero-order chi connectivity index (χ0) is 19.2. The van der Waals surface area contributed by atoms with Crippen LogP contribution in [0, 0.1) is 5.92 Å². The topological polar surface area (TPSA) is 67.9 Å². The molecule has 1 fully saturated rings. The van der Waals surface area contributed by atoms with E-state index in [1.165, 1.54) is 18.4 Å². The molecule has 0 bridgehead atoms. The lowest BCUT2D eigenvalue weighted by Gasteiger charge is -2.20. The Hall–Kier alpha value is -2.50. The van der Waals surface area contributed by atoms with Crippen molar-refractivity contribution in [3.8, 4) is 11.5 Å². The minimum atomic E-state index is -0.329. The number of carbonyl (C=O) groups is 2.